The number of nitrogens with zero attached hydrogens (tertiary/aromatic N) is 15. The summed E-state index contributed by atoms with van der Waals surface area (Å²) in [5.41, 5.74) is 27.5. The summed E-state index contributed by atoms with van der Waals surface area (Å²) >= 11 is 0. The summed E-state index contributed by atoms with van der Waals surface area (Å²) in [6, 6.07) is -1.34. The summed E-state index contributed by atoms with van der Waals surface area (Å²) in [6.07, 6.45) is -2.36. The smallest absolute Gasteiger partial charge is 0.410 e. The van der Waals surface area contributed by atoms with Gasteiger partial charge in [0.2, 0.25) is 0 Å². The Hall–Kier alpha value is -6.80. The maximum absolute atomic E-state index is 13.4. The van der Waals surface area contributed by atoms with Gasteiger partial charge in [0.15, 0.2) is 0 Å². The van der Waals surface area contributed by atoms with Gasteiger partial charge in [0, 0.05) is 79.7 Å². The Morgan fingerprint density at radius 1 is 0.400 bits per heavy atom. The van der Waals surface area contributed by atoms with Crippen LogP contribution in [0, 0.1) is 17.8 Å². The van der Waals surface area contributed by atoms with E-state index < -0.39 is 111 Å². The van der Waals surface area contributed by atoms with Gasteiger partial charge in [-0.05, 0) is 197 Å². The highest BCUT2D eigenvalue weighted by atomic mass is 32.2. The van der Waals surface area contributed by atoms with Gasteiger partial charge in [0.1, 0.15) is 45.9 Å². The highest BCUT2D eigenvalue weighted by Gasteiger charge is 2.37. The molecule has 12 atom stereocenters. The molecule has 0 aromatic heterocycles. The zero-order valence-electron chi connectivity index (χ0n) is 63.1. The van der Waals surface area contributed by atoms with Crippen LogP contribution in [0.4, 0.5) is 37.5 Å². The molecule has 0 spiro atoms. The van der Waals surface area contributed by atoms with E-state index in [0.717, 1.165) is 19.1 Å². The number of halogens is 2. The second kappa shape index (κ2) is 40.2. The molecule has 0 saturated carbocycles. The Labute approximate surface area is 590 Å². The van der Waals surface area contributed by atoms with Gasteiger partial charge in [-0.15, -0.1) is 0 Å². The van der Waals surface area contributed by atoms with Crippen molar-refractivity contribution in [3.05, 3.63) is 31.3 Å². The lowest BCUT2D eigenvalue weighted by atomic mass is 9.97. The number of nitrogens with two attached hydrogens (primary N) is 1. The lowest BCUT2D eigenvalue weighted by molar-refractivity contribution is -0.00547. The topological polar surface area (TPSA) is 433 Å². The second-order valence-electron chi connectivity index (χ2n) is 32.3. The van der Waals surface area contributed by atoms with Crippen molar-refractivity contribution in [1.29, 1.82) is 0 Å². The van der Waals surface area contributed by atoms with E-state index in [0.29, 0.717) is 70.4 Å². The largest absolute Gasteiger partial charge is 0.444 e. The van der Waals surface area contributed by atoms with Crippen LogP contribution in [-0.2, 0) is 42.7 Å². The van der Waals surface area contributed by atoms with Gasteiger partial charge in [-0.25, -0.2) is 37.5 Å². The number of aliphatic hydroxyl groups is 2. The fourth-order valence-corrected chi connectivity index (χ4v) is 11.3. The fourth-order valence-electron chi connectivity index (χ4n) is 10.7. The molecule has 6 aliphatic rings. The molecule has 0 bridgehead atoms. The third-order valence-electron chi connectivity index (χ3n) is 14.0. The number of likely N-dealkylation sites (tertiary alicyclic amines) is 6. The van der Waals surface area contributed by atoms with Gasteiger partial charge in [0.05, 0.1) is 62.3 Å². The van der Waals surface area contributed by atoms with Crippen molar-refractivity contribution < 1.29 is 88.8 Å². The zero-order chi connectivity index (χ0) is 77.3. The molecule has 0 radical (unpaired) electrons. The van der Waals surface area contributed by atoms with Crippen molar-refractivity contribution >= 4 is 46.7 Å². The molecule has 6 aliphatic heterocycles. The van der Waals surface area contributed by atoms with Crippen molar-refractivity contribution in [3.63, 3.8) is 0 Å². The fraction of sp³-hybridized carbons (Fsp3) is 0.906. The minimum Gasteiger partial charge on any atom is -0.444 e. The first-order valence-electron chi connectivity index (χ1n) is 33.7. The summed E-state index contributed by atoms with van der Waals surface area (Å²) in [5.74, 6) is 0.834. The lowest BCUT2D eigenvalue weighted by Gasteiger charge is -2.36. The summed E-state index contributed by atoms with van der Waals surface area (Å²) < 4.78 is 85.1. The normalized spacial score (nSPS) is 25.9. The van der Waals surface area contributed by atoms with Gasteiger partial charge in [-0.3, -0.25) is 4.18 Å². The third-order valence-corrected chi connectivity index (χ3v) is 14.6. The maximum Gasteiger partial charge on any atom is 0.410 e. The number of piperidine rings is 6. The molecule has 4 N–H and O–H groups in total. The van der Waals surface area contributed by atoms with E-state index in [9.17, 15) is 56.2 Å². The van der Waals surface area contributed by atoms with Crippen molar-refractivity contribution in [2.45, 2.75) is 272 Å². The Morgan fingerprint density at radius 2 is 0.660 bits per heavy atom. The molecule has 6 rings (SSSR count). The summed E-state index contributed by atoms with van der Waals surface area (Å²) in [5, 5.41) is 29.8. The third kappa shape index (κ3) is 41.8. The average Bonchev–Trinajstić information content (AvgIpc) is 0.923. The van der Waals surface area contributed by atoms with Crippen LogP contribution in [0.15, 0.2) is 15.3 Å². The number of hydrogen-bond acceptors (Lipinski definition) is 21. The second-order valence-corrected chi connectivity index (χ2v) is 33.9. The molecule has 576 valence electrons. The van der Waals surface area contributed by atoms with E-state index in [1.165, 1.54) is 19.6 Å². The zero-order valence-corrected chi connectivity index (χ0v) is 63.9. The van der Waals surface area contributed by atoms with E-state index >= 15 is 0 Å². The minimum atomic E-state index is -3.51. The van der Waals surface area contributed by atoms with Crippen molar-refractivity contribution in [1.82, 2.24) is 29.4 Å². The SMILES string of the molecule is CC(C)(C)OC(=O)N1C[C@@H](F)C[C@@H](N=[N+]=[N-])C1.CC(C)(C)OC(=O)N1C[C@H](N)C[C@H](F)C1.CC(C)(C)OC(=O)N1C[C@H](O)C[C@@H](N=[N+]=[N-])C1.C[C@@H]1C[C@@H](N=[N+]=[N-])CN(C(=O)OC(C)(C)C)C1.C[C@@H]1C[C@H](O)CN(C(=O)OC(C)(C)C)C1.C[C@@H]1C[C@H](OS(C)(=O)=O)CN(C(=O)OC(C)(C)C)C1. The Bertz CT molecular complexity index is 2660. The predicted octanol–water partition coefficient (Wildman–Crippen LogP) is 11.8. The van der Waals surface area contributed by atoms with Crippen LogP contribution in [0.2, 0.25) is 0 Å². The molecular formula is C64H118F2N16O17S. The van der Waals surface area contributed by atoms with Crippen LogP contribution in [0.5, 0.6) is 0 Å². The molecule has 0 aliphatic carbocycles. The molecule has 100 heavy (non-hydrogen) atoms. The minimum absolute atomic E-state index is 0.00758. The highest BCUT2D eigenvalue weighted by Crippen LogP contribution is 2.26. The number of ether oxygens (including phenoxy) is 6. The number of alkyl halides is 2. The molecule has 0 aromatic rings. The number of azide groups is 3. The molecule has 36 heteroatoms. The van der Waals surface area contributed by atoms with Crippen LogP contribution < -0.4 is 5.73 Å². The number of β-amino-alcohol motifs (C(OH)–C–C–N with tert-alkyl or cyclic N) is 2. The maximum atomic E-state index is 13.4. The van der Waals surface area contributed by atoms with E-state index in [1.54, 1.807) is 92.9 Å². The van der Waals surface area contributed by atoms with E-state index in [2.05, 4.69) is 30.1 Å². The van der Waals surface area contributed by atoms with Gasteiger partial charge in [-0.1, -0.05) is 36.1 Å². The number of amides is 6. The van der Waals surface area contributed by atoms with Crippen LogP contribution >= 0.6 is 0 Å². The first-order valence-corrected chi connectivity index (χ1v) is 35.6. The number of rotatable bonds is 5. The number of carbonyl (C=O) groups is 6. The summed E-state index contributed by atoms with van der Waals surface area (Å²) in [6.45, 7) is 42.4. The van der Waals surface area contributed by atoms with Gasteiger partial charge < -0.3 is 73.8 Å². The molecule has 33 nitrogen and oxygen atoms in total. The summed E-state index contributed by atoms with van der Waals surface area (Å²) in [7, 11) is -3.51. The molecule has 6 saturated heterocycles. The molecule has 6 amide bonds. The monoisotopic (exact) mass is 1450 g/mol. The lowest BCUT2D eigenvalue weighted by Crippen LogP contribution is -2.51. The van der Waals surface area contributed by atoms with Crippen LogP contribution in [0.25, 0.3) is 31.3 Å². The molecule has 0 aromatic carbocycles. The van der Waals surface area contributed by atoms with Crippen LogP contribution in [0.3, 0.4) is 0 Å². The van der Waals surface area contributed by atoms with E-state index in [-0.39, 0.29) is 75.9 Å². The highest BCUT2D eigenvalue weighted by molar-refractivity contribution is 7.86. The van der Waals surface area contributed by atoms with Crippen molar-refractivity contribution in [2.75, 3.05) is 84.8 Å². The van der Waals surface area contributed by atoms with Crippen molar-refractivity contribution in [3.8, 4) is 0 Å². The molecule has 6 heterocycles. The molecule has 6 fully saturated rings. The predicted molar refractivity (Wildman–Crippen MR) is 370 cm³/mol. The number of carbonyl (C=O) groups excluding carboxylic acids is 6. The molecular weight excluding hydrogens is 1330 g/mol. The number of hydrogen-bond donors (Lipinski definition) is 3. The average molecular weight is 1450 g/mol. The van der Waals surface area contributed by atoms with Crippen molar-refractivity contribution in [2.24, 2.45) is 38.8 Å². The van der Waals surface area contributed by atoms with Gasteiger partial charge in [0.25, 0.3) is 10.1 Å². The van der Waals surface area contributed by atoms with Gasteiger partial charge >= 0.3 is 36.6 Å². The summed E-state index contributed by atoms with van der Waals surface area (Å²) in [4.78, 5) is 87.4. The first kappa shape index (κ1) is 91.2. The first-order chi connectivity index (χ1) is 45.5. The van der Waals surface area contributed by atoms with E-state index in [1.807, 2.05) is 62.3 Å². The number of aliphatic hydroxyl groups excluding tert-OH is 2. The Balaban J connectivity index is 0.000000601. The molecule has 0 unspecified atom stereocenters. The van der Waals surface area contributed by atoms with Gasteiger partial charge in [-0.2, -0.15) is 8.42 Å². The van der Waals surface area contributed by atoms with Crippen LogP contribution in [-0.4, -0.2) is 258 Å². The Kier molecular flexibility index (Phi) is 36.6. The van der Waals surface area contributed by atoms with E-state index in [4.69, 9.17) is 54.9 Å². The van der Waals surface area contributed by atoms with Crippen LogP contribution in [0.1, 0.15) is 184 Å². The quantitative estimate of drug-likeness (QED) is 0.0756. The standard InChI is InChI=1S/C12H23NO5S.C11H20N4O2.C11H21NO3.C10H17FN4O2.C10H19FN2O2.C10H18N4O3/c1-9-6-10(18-19(5,15)16)8-13(7-9)11(14)17-12(2,3)4;1-8-5-9(13-14-12)7-15(6-8)10(16)17-11(2,3)4;1-8-5-9(13)7-12(6-8)10(14)15-11(2,3)4;1-10(2,3)17-9(16)15-5-7(11)4-8(6-15)13-14-12;1-10(2,3)15-9(14)13-5-7(11)4-8(12)6-13;1-10(2,3)17-9(16)14-5-7(12-13-11)4-8(15)6-14/h9-10H,6-8H2,1-5H3;8-9H,5-7H2,1-4H3;8-9,13H,5-7H2,1-4H3;7-8H,4-6H2,1-3H3;7-8H,4-6,12H2,1-3H3;7-8,15H,4-6H2,1-3H3/t9-,10+;8-,9-;8-,9+;2*7-,8+;7-,8-/m111001/s1. The Morgan fingerprint density at radius 3 is 0.980 bits per heavy atom.